The van der Waals surface area contributed by atoms with E-state index in [1.165, 1.54) is 11.3 Å². The van der Waals surface area contributed by atoms with Crippen molar-refractivity contribution in [3.05, 3.63) is 82.6 Å². The largest absolute Gasteiger partial charge is 0.378 e. The van der Waals surface area contributed by atoms with Gasteiger partial charge in [-0.25, -0.2) is 4.98 Å². The fourth-order valence-electron chi connectivity index (χ4n) is 4.07. The van der Waals surface area contributed by atoms with Crippen LogP contribution in [-0.4, -0.2) is 52.7 Å². The topological polar surface area (TPSA) is 86.4 Å². The Hall–Kier alpha value is -3.69. The Bertz CT molecular complexity index is 1360. The van der Waals surface area contributed by atoms with Crippen LogP contribution in [0.3, 0.4) is 0 Å². The normalized spacial score (nSPS) is 17.7. The van der Waals surface area contributed by atoms with Gasteiger partial charge in [-0.1, -0.05) is 24.3 Å². The number of aromatic amines is 1. The number of hydrogen-bond acceptors (Lipinski definition) is 8. The molecule has 0 amide bonds. The summed E-state index contributed by atoms with van der Waals surface area (Å²) in [6.07, 6.45) is 12.3. The third-order valence-corrected chi connectivity index (χ3v) is 6.81. The Balaban J connectivity index is 1.44. The molecule has 1 aromatic carbocycles. The highest BCUT2D eigenvalue weighted by atomic mass is 32.1. The van der Waals surface area contributed by atoms with Crippen molar-refractivity contribution in [2.45, 2.75) is 0 Å². The van der Waals surface area contributed by atoms with Gasteiger partial charge in [0.25, 0.3) is 5.56 Å². The smallest absolute Gasteiger partial charge is 0.264 e. The molecule has 0 bridgehead atoms. The molecule has 1 saturated heterocycles. The molecular weight excluding hydrogens is 436 g/mol. The SMILES string of the molecule is O=c1[nH]c(N2CCOCC2)nc(NC2=CN3CC=CC=C3C=C2)c1-c1nc2ccccc2s1. The molecule has 0 saturated carbocycles. The van der Waals surface area contributed by atoms with Gasteiger partial charge in [-0.15, -0.1) is 11.3 Å². The Morgan fingerprint density at radius 1 is 1.12 bits per heavy atom. The van der Waals surface area contributed by atoms with Crippen molar-refractivity contribution in [3.63, 3.8) is 0 Å². The standard InChI is InChI=1S/C24H22N6O2S/c31-22-20(23-26-18-6-1-2-7-19(18)33-23)21(27-24(28-22)29-11-13-32-14-12-29)25-16-8-9-17-5-3-4-10-30(17)15-16/h1-9,15H,10-14H2,(H2,25,27,28,31). The maximum Gasteiger partial charge on any atom is 0.264 e. The molecular formula is C24H22N6O2S. The first-order valence-electron chi connectivity index (χ1n) is 10.9. The lowest BCUT2D eigenvalue weighted by Gasteiger charge is -2.28. The number of fused-ring (bicyclic) bond motifs is 2. The Labute approximate surface area is 194 Å². The summed E-state index contributed by atoms with van der Waals surface area (Å²) in [5, 5.41) is 4.05. The van der Waals surface area contributed by atoms with Gasteiger partial charge >= 0.3 is 0 Å². The number of aromatic nitrogens is 3. The maximum atomic E-state index is 13.4. The Morgan fingerprint density at radius 2 is 2.00 bits per heavy atom. The van der Waals surface area contributed by atoms with Crippen molar-refractivity contribution in [2.75, 3.05) is 43.1 Å². The first-order chi connectivity index (χ1) is 16.2. The number of para-hydroxylation sites is 1. The van der Waals surface area contributed by atoms with Crippen molar-refractivity contribution >= 4 is 33.3 Å². The minimum absolute atomic E-state index is 0.213. The second-order valence-corrected chi connectivity index (χ2v) is 8.94. The molecule has 0 aliphatic carbocycles. The monoisotopic (exact) mass is 458 g/mol. The highest BCUT2D eigenvalue weighted by Gasteiger charge is 2.22. The van der Waals surface area contributed by atoms with E-state index in [2.05, 4.69) is 39.5 Å². The maximum absolute atomic E-state index is 13.4. The number of nitrogens with one attached hydrogen (secondary N) is 2. The first-order valence-corrected chi connectivity index (χ1v) is 11.7. The van der Waals surface area contributed by atoms with Gasteiger partial charge in [0.05, 0.1) is 29.1 Å². The number of anilines is 2. The van der Waals surface area contributed by atoms with E-state index in [0.717, 1.165) is 28.2 Å². The van der Waals surface area contributed by atoms with Crippen molar-refractivity contribution in [2.24, 2.45) is 0 Å². The molecule has 0 radical (unpaired) electrons. The van der Waals surface area contributed by atoms with Gasteiger partial charge in [0, 0.05) is 31.5 Å². The lowest BCUT2D eigenvalue weighted by molar-refractivity contribution is 0.122. The molecule has 166 valence electrons. The van der Waals surface area contributed by atoms with Crippen LogP contribution in [0, 0.1) is 0 Å². The molecule has 3 aliphatic heterocycles. The van der Waals surface area contributed by atoms with E-state index in [4.69, 9.17) is 14.7 Å². The minimum atomic E-state index is -0.213. The fraction of sp³-hybridized carbons (Fsp3) is 0.208. The predicted molar refractivity (Wildman–Crippen MR) is 131 cm³/mol. The second-order valence-electron chi connectivity index (χ2n) is 7.91. The van der Waals surface area contributed by atoms with Gasteiger partial charge in [0.15, 0.2) is 0 Å². The molecule has 5 heterocycles. The van der Waals surface area contributed by atoms with Crippen molar-refractivity contribution < 1.29 is 4.74 Å². The number of ether oxygens (including phenoxy) is 1. The van der Waals surface area contributed by atoms with Crippen molar-refractivity contribution in [3.8, 4) is 10.6 Å². The summed E-state index contributed by atoms with van der Waals surface area (Å²) in [5.41, 5.74) is 3.09. The molecule has 2 aromatic heterocycles. The fourth-order valence-corrected chi connectivity index (χ4v) is 5.08. The number of benzene rings is 1. The van der Waals surface area contributed by atoms with Crippen LogP contribution in [0.5, 0.6) is 0 Å². The van der Waals surface area contributed by atoms with E-state index in [1.54, 1.807) is 0 Å². The van der Waals surface area contributed by atoms with E-state index < -0.39 is 0 Å². The van der Waals surface area contributed by atoms with Crippen LogP contribution in [0.4, 0.5) is 11.8 Å². The van der Waals surface area contributed by atoms with E-state index >= 15 is 0 Å². The number of thiazole rings is 1. The molecule has 2 N–H and O–H groups in total. The average Bonchev–Trinajstić information content (AvgIpc) is 3.28. The molecule has 3 aromatic rings. The summed E-state index contributed by atoms with van der Waals surface area (Å²) in [5.74, 6) is 1.03. The average molecular weight is 459 g/mol. The quantitative estimate of drug-likeness (QED) is 0.619. The minimum Gasteiger partial charge on any atom is -0.378 e. The first kappa shape index (κ1) is 20.0. The summed E-state index contributed by atoms with van der Waals surface area (Å²) in [6.45, 7) is 3.38. The molecule has 0 atom stereocenters. The zero-order valence-electron chi connectivity index (χ0n) is 17.8. The highest BCUT2D eigenvalue weighted by molar-refractivity contribution is 7.21. The molecule has 9 heteroatoms. The van der Waals surface area contributed by atoms with Crippen LogP contribution in [0.2, 0.25) is 0 Å². The number of rotatable bonds is 4. The van der Waals surface area contributed by atoms with Gasteiger partial charge in [0.1, 0.15) is 16.4 Å². The number of nitrogens with zero attached hydrogens (tertiary/aromatic N) is 4. The third-order valence-electron chi connectivity index (χ3n) is 5.75. The van der Waals surface area contributed by atoms with Crippen LogP contribution in [0.1, 0.15) is 0 Å². The van der Waals surface area contributed by atoms with E-state index in [9.17, 15) is 4.79 Å². The lowest BCUT2D eigenvalue weighted by atomic mass is 10.1. The summed E-state index contributed by atoms with van der Waals surface area (Å²) in [6, 6.07) is 7.89. The Kier molecular flexibility index (Phi) is 5.04. The zero-order chi connectivity index (χ0) is 22.2. The lowest BCUT2D eigenvalue weighted by Crippen LogP contribution is -2.38. The van der Waals surface area contributed by atoms with Gasteiger partial charge in [-0.3, -0.25) is 9.78 Å². The van der Waals surface area contributed by atoms with Crippen molar-refractivity contribution in [1.82, 2.24) is 19.9 Å². The number of hydrogen-bond donors (Lipinski definition) is 2. The summed E-state index contributed by atoms with van der Waals surface area (Å²) >= 11 is 1.49. The number of H-pyrrole nitrogens is 1. The summed E-state index contributed by atoms with van der Waals surface area (Å²) in [7, 11) is 0. The predicted octanol–water partition coefficient (Wildman–Crippen LogP) is 3.46. The van der Waals surface area contributed by atoms with Crippen LogP contribution < -0.4 is 15.8 Å². The van der Waals surface area contributed by atoms with Crippen LogP contribution in [0.25, 0.3) is 20.8 Å². The molecule has 0 unspecified atom stereocenters. The molecule has 0 spiro atoms. The third kappa shape index (κ3) is 3.85. The summed E-state index contributed by atoms with van der Waals surface area (Å²) in [4.78, 5) is 30.1. The zero-order valence-corrected chi connectivity index (χ0v) is 18.6. The van der Waals surface area contributed by atoms with Crippen LogP contribution in [-0.2, 0) is 4.74 Å². The number of allylic oxidation sites excluding steroid dienone is 4. The van der Waals surface area contributed by atoms with Gasteiger partial charge in [-0.05, 0) is 30.4 Å². The van der Waals surface area contributed by atoms with E-state index in [-0.39, 0.29) is 5.56 Å². The van der Waals surface area contributed by atoms with Gasteiger partial charge in [0.2, 0.25) is 5.95 Å². The van der Waals surface area contributed by atoms with Crippen LogP contribution >= 0.6 is 11.3 Å². The van der Waals surface area contributed by atoms with Crippen LogP contribution in [0.15, 0.2) is 77.0 Å². The second kappa shape index (κ2) is 8.34. The number of morpholine rings is 1. The highest BCUT2D eigenvalue weighted by Crippen LogP contribution is 2.33. The molecule has 3 aliphatic rings. The molecule has 33 heavy (non-hydrogen) atoms. The molecule has 8 nitrogen and oxygen atoms in total. The van der Waals surface area contributed by atoms with Gasteiger partial charge < -0.3 is 19.9 Å². The molecule has 1 fully saturated rings. The van der Waals surface area contributed by atoms with Gasteiger partial charge in [-0.2, -0.15) is 4.98 Å². The van der Waals surface area contributed by atoms with E-state index in [1.807, 2.05) is 41.4 Å². The summed E-state index contributed by atoms with van der Waals surface area (Å²) < 4.78 is 6.49. The Morgan fingerprint density at radius 3 is 2.88 bits per heavy atom. The van der Waals surface area contributed by atoms with Crippen molar-refractivity contribution in [1.29, 1.82) is 0 Å². The van der Waals surface area contributed by atoms with E-state index in [0.29, 0.717) is 48.6 Å². The molecule has 6 rings (SSSR count).